The van der Waals surface area contributed by atoms with Crippen molar-refractivity contribution in [3.8, 4) is 0 Å². The highest BCUT2D eigenvalue weighted by Gasteiger charge is 2.30. The molecule has 24 heavy (non-hydrogen) atoms. The Hall–Kier alpha value is -2.37. The number of hydrogen-bond donors (Lipinski definition) is 0. The second-order valence-corrected chi connectivity index (χ2v) is 6.79. The fourth-order valence-electron chi connectivity index (χ4n) is 3.37. The Morgan fingerprint density at radius 2 is 1.96 bits per heavy atom. The van der Waals surface area contributed by atoms with Gasteiger partial charge in [0.2, 0.25) is 0 Å². The number of pyridine rings is 1. The molecule has 2 aliphatic rings. The van der Waals surface area contributed by atoms with Gasteiger partial charge in [0.1, 0.15) is 5.69 Å². The summed E-state index contributed by atoms with van der Waals surface area (Å²) in [5.74, 6) is 0.669. The summed E-state index contributed by atoms with van der Waals surface area (Å²) in [4.78, 5) is 21.3. The molecule has 0 atom stereocenters. The number of nitrogens with zero attached hydrogens (tertiary/aromatic N) is 5. The zero-order valence-corrected chi connectivity index (χ0v) is 14.3. The summed E-state index contributed by atoms with van der Waals surface area (Å²) in [7, 11) is 1.87. The maximum Gasteiger partial charge on any atom is 0.272 e. The minimum atomic E-state index is 0.0967. The zero-order chi connectivity index (χ0) is 16.7. The predicted octanol–water partition coefficient (Wildman–Crippen LogP) is 1.96. The van der Waals surface area contributed by atoms with Crippen LogP contribution in [0, 0.1) is 6.92 Å². The van der Waals surface area contributed by atoms with Gasteiger partial charge in [0, 0.05) is 45.3 Å². The molecule has 2 fully saturated rings. The van der Waals surface area contributed by atoms with E-state index in [1.165, 1.54) is 24.1 Å². The number of anilines is 1. The lowest BCUT2D eigenvalue weighted by Gasteiger charge is -2.36. The van der Waals surface area contributed by atoms with Crippen LogP contribution in [0.2, 0.25) is 0 Å². The standard InChI is InChI=1S/C18H23N5O/c1-13-5-6-19-12-17(13)22-7-9-23(10-8-22)18(24)16-11-15(14-3-4-14)20-21(16)2/h5-6,11-12,14H,3-4,7-10H2,1-2H3. The molecule has 0 unspecified atom stereocenters. The van der Waals surface area contributed by atoms with Crippen LogP contribution in [0.25, 0.3) is 0 Å². The van der Waals surface area contributed by atoms with Crippen molar-refractivity contribution >= 4 is 11.6 Å². The molecule has 0 spiro atoms. The fourth-order valence-corrected chi connectivity index (χ4v) is 3.37. The summed E-state index contributed by atoms with van der Waals surface area (Å²) in [6.07, 6.45) is 6.13. The number of rotatable bonds is 3. The van der Waals surface area contributed by atoms with E-state index in [1.807, 2.05) is 36.5 Å². The molecule has 6 nitrogen and oxygen atoms in total. The van der Waals surface area contributed by atoms with Gasteiger partial charge in [-0.2, -0.15) is 5.10 Å². The summed E-state index contributed by atoms with van der Waals surface area (Å²) >= 11 is 0. The minimum Gasteiger partial charge on any atom is -0.367 e. The lowest BCUT2D eigenvalue weighted by atomic mass is 10.2. The smallest absolute Gasteiger partial charge is 0.272 e. The molecule has 0 aromatic carbocycles. The molecular weight excluding hydrogens is 302 g/mol. The molecule has 2 aromatic heterocycles. The van der Waals surface area contributed by atoms with E-state index in [4.69, 9.17) is 0 Å². The van der Waals surface area contributed by atoms with E-state index in [2.05, 4.69) is 21.9 Å². The minimum absolute atomic E-state index is 0.0967. The van der Waals surface area contributed by atoms with Crippen LogP contribution in [0.3, 0.4) is 0 Å². The summed E-state index contributed by atoms with van der Waals surface area (Å²) in [5.41, 5.74) is 4.18. The van der Waals surface area contributed by atoms with Crippen LogP contribution in [0.1, 0.15) is 40.5 Å². The van der Waals surface area contributed by atoms with Crippen molar-refractivity contribution in [1.29, 1.82) is 0 Å². The van der Waals surface area contributed by atoms with Gasteiger partial charge in [-0.05, 0) is 37.5 Å². The topological polar surface area (TPSA) is 54.3 Å². The maximum atomic E-state index is 12.8. The van der Waals surface area contributed by atoms with Gasteiger partial charge >= 0.3 is 0 Å². The highest BCUT2D eigenvalue weighted by molar-refractivity contribution is 5.93. The number of aromatic nitrogens is 3. The Kier molecular flexibility index (Phi) is 3.75. The molecule has 4 rings (SSSR count). The fraction of sp³-hybridized carbons (Fsp3) is 0.500. The number of carbonyl (C=O) groups excluding carboxylic acids is 1. The van der Waals surface area contributed by atoms with E-state index in [-0.39, 0.29) is 5.91 Å². The molecule has 126 valence electrons. The van der Waals surface area contributed by atoms with Crippen LogP contribution in [-0.4, -0.2) is 51.8 Å². The van der Waals surface area contributed by atoms with Crippen LogP contribution in [0.5, 0.6) is 0 Å². The lowest BCUT2D eigenvalue weighted by molar-refractivity contribution is 0.0735. The Bertz CT molecular complexity index is 757. The Balaban J connectivity index is 1.44. The molecule has 1 amide bonds. The summed E-state index contributed by atoms with van der Waals surface area (Å²) < 4.78 is 1.74. The van der Waals surface area contributed by atoms with Gasteiger partial charge in [-0.25, -0.2) is 0 Å². The van der Waals surface area contributed by atoms with Crippen molar-refractivity contribution in [3.63, 3.8) is 0 Å². The second-order valence-electron chi connectivity index (χ2n) is 6.79. The highest BCUT2D eigenvalue weighted by Crippen LogP contribution is 2.39. The van der Waals surface area contributed by atoms with Gasteiger partial charge in [0.05, 0.1) is 17.6 Å². The summed E-state index contributed by atoms with van der Waals surface area (Å²) in [6.45, 7) is 5.25. The summed E-state index contributed by atoms with van der Waals surface area (Å²) in [6, 6.07) is 4.01. The first-order valence-electron chi connectivity index (χ1n) is 8.62. The molecule has 6 heteroatoms. The number of amides is 1. The maximum absolute atomic E-state index is 12.8. The van der Waals surface area contributed by atoms with E-state index in [0.717, 1.165) is 31.9 Å². The first kappa shape index (κ1) is 15.2. The molecular formula is C18H23N5O. The predicted molar refractivity (Wildman–Crippen MR) is 92.3 cm³/mol. The SMILES string of the molecule is Cc1ccncc1N1CCN(C(=O)c2cc(C3CC3)nn2C)CC1. The molecule has 1 aliphatic carbocycles. The van der Waals surface area contributed by atoms with Crippen LogP contribution >= 0.6 is 0 Å². The van der Waals surface area contributed by atoms with Crippen molar-refractivity contribution in [2.24, 2.45) is 7.05 Å². The van der Waals surface area contributed by atoms with Gasteiger partial charge in [-0.3, -0.25) is 14.5 Å². The Morgan fingerprint density at radius 3 is 2.62 bits per heavy atom. The molecule has 0 N–H and O–H groups in total. The normalized spacial score (nSPS) is 18.1. The molecule has 1 aliphatic heterocycles. The number of carbonyl (C=O) groups is 1. The average molecular weight is 325 g/mol. The number of aryl methyl sites for hydroxylation is 2. The van der Waals surface area contributed by atoms with E-state index in [0.29, 0.717) is 11.6 Å². The zero-order valence-electron chi connectivity index (χ0n) is 14.3. The largest absolute Gasteiger partial charge is 0.367 e. The molecule has 2 aromatic rings. The number of hydrogen-bond acceptors (Lipinski definition) is 4. The molecule has 1 saturated carbocycles. The third-order valence-electron chi connectivity index (χ3n) is 5.03. The molecule has 0 radical (unpaired) electrons. The third-order valence-corrected chi connectivity index (χ3v) is 5.03. The molecule has 3 heterocycles. The quantitative estimate of drug-likeness (QED) is 0.866. The van der Waals surface area contributed by atoms with Crippen molar-refractivity contribution < 1.29 is 4.79 Å². The van der Waals surface area contributed by atoms with Gasteiger partial charge < -0.3 is 9.80 Å². The lowest BCUT2D eigenvalue weighted by Crippen LogP contribution is -2.49. The van der Waals surface area contributed by atoms with Crippen LogP contribution in [0.4, 0.5) is 5.69 Å². The van der Waals surface area contributed by atoms with E-state index in [9.17, 15) is 4.79 Å². The van der Waals surface area contributed by atoms with Crippen molar-refractivity contribution in [2.75, 3.05) is 31.1 Å². The first-order chi connectivity index (χ1) is 11.6. The first-order valence-corrected chi connectivity index (χ1v) is 8.62. The van der Waals surface area contributed by atoms with E-state index in [1.54, 1.807) is 4.68 Å². The second kappa shape index (κ2) is 5.92. The van der Waals surface area contributed by atoms with Crippen LogP contribution in [0.15, 0.2) is 24.5 Å². The van der Waals surface area contributed by atoms with Gasteiger partial charge in [-0.15, -0.1) is 0 Å². The van der Waals surface area contributed by atoms with Gasteiger partial charge in [0.25, 0.3) is 5.91 Å². The average Bonchev–Trinajstić information content (AvgIpc) is 3.37. The van der Waals surface area contributed by atoms with Gasteiger partial charge in [0.15, 0.2) is 0 Å². The van der Waals surface area contributed by atoms with Crippen molar-refractivity contribution in [3.05, 3.63) is 41.5 Å². The van der Waals surface area contributed by atoms with Crippen molar-refractivity contribution in [2.45, 2.75) is 25.7 Å². The van der Waals surface area contributed by atoms with Crippen molar-refractivity contribution in [1.82, 2.24) is 19.7 Å². The van der Waals surface area contributed by atoms with Crippen LogP contribution < -0.4 is 4.90 Å². The van der Waals surface area contributed by atoms with Gasteiger partial charge in [-0.1, -0.05) is 0 Å². The Labute approximate surface area is 142 Å². The van der Waals surface area contributed by atoms with E-state index < -0.39 is 0 Å². The molecule has 1 saturated heterocycles. The third kappa shape index (κ3) is 2.77. The molecule has 0 bridgehead atoms. The highest BCUT2D eigenvalue weighted by atomic mass is 16.2. The summed E-state index contributed by atoms with van der Waals surface area (Å²) in [5, 5.41) is 4.51. The van der Waals surface area contributed by atoms with E-state index >= 15 is 0 Å². The number of piperazine rings is 1. The Morgan fingerprint density at radius 1 is 1.21 bits per heavy atom. The van der Waals surface area contributed by atoms with Crippen LogP contribution in [-0.2, 0) is 7.05 Å². The monoisotopic (exact) mass is 325 g/mol.